The number of nitro groups is 1. The van der Waals surface area contributed by atoms with Crippen molar-refractivity contribution < 1.29 is 24.0 Å². The summed E-state index contributed by atoms with van der Waals surface area (Å²) in [6.07, 6.45) is 0. The lowest BCUT2D eigenvalue weighted by molar-refractivity contribution is -0.384. The number of rotatable bonds is 6. The lowest BCUT2D eigenvalue weighted by Gasteiger charge is -2.09. The maximum absolute atomic E-state index is 12.0. The van der Waals surface area contributed by atoms with Crippen LogP contribution in [0.1, 0.15) is 22.8 Å². The molecule has 9 nitrogen and oxygen atoms in total. The van der Waals surface area contributed by atoms with Crippen LogP contribution in [0.4, 0.5) is 17.1 Å². The minimum Gasteiger partial charge on any atom is -0.452 e. The molecule has 0 radical (unpaired) electrons. The summed E-state index contributed by atoms with van der Waals surface area (Å²) in [6, 6.07) is 10.1. The molecule has 140 valence electrons. The number of non-ortho nitro benzene ring substituents is 1. The van der Waals surface area contributed by atoms with Gasteiger partial charge in [0.2, 0.25) is 5.91 Å². The summed E-state index contributed by atoms with van der Waals surface area (Å²) in [5.41, 5.74) is 1.32. The molecule has 2 rings (SSSR count). The Kier molecular flexibility index (Phi) is 6.21. The van der Waals surface area contributed by atoms with Gasteiger partial charge < -0.3 is 15.4 Å². The number of benzene rings is 2. The zero-order chi connectivity index (χ0) is 20.0. The van der Waals surface area contributed by atoms with Crippen molar-refractivity contribution in [3.63, 3.8) is 0 Å². The van der Waals surface area contributed by atoms with E-state index in [4.69, 9.17) is 4.74 Å². The van der Waals surface area contributed by atoms with Gasteiger partial charge in [0.1, 0.15) is 0 Å². The van der Waals surface area contributed by atoms with Gasteiger partial charge in [-0.2, -0.15) is 0 Å². The van der Waals surface area contributed by atoms with E-state index in [0.717, 1.165) is 0 Å². The Morgan fingerprint density at radius 2 is 1.85 bits per heavy atom. The average molecular weight is 371 g/mol. The predicted molar refractivity (Wildman–Crippen MR) is 97.5 cm³/mol. The largest absolute Gasteiger partial charge is 0.452 e. The van der Waals surface area contributed by atoms with E-state index in [9.17, 15) is 24.5 Å². The second-order valence-electron chi connectivity index (χ2n) is 5.64. The van der Waals surface area contributed by atoms with Crippen molar-refractivity contribution in [2.24, 2.45) is 0 Å². The Hall–Kier alpha value is -3.75. The first-order chi connectivity index (χ1) is 12.8. The molecule has 2 aromatic rings. The Morgan fingerprint density at radius 3 is 2.52 bits per heavy atom. The fraction of sp³-hybridized carbons (Fsp3) is 0.167. The number of esters is 1. The fourth-order valence-corrected chi connectivity index (χ4v) is 2.19. The highest BCUT2D eigenvalue weighted by molar-refractivity contribution is 5.97. The Balaban J connectivity index is 1.97. The molecule has 0 aromatic heterocycles. The molecule has 0 fully saturated rings. The molecular weight excluding hydrogens is 354 g/mol. The molecule has 9 heteroatoms. The van der Waals surface area contributed by atoms with Gasteiger partial charge in [-0.3, -0.25) is 19.7 Å². The summed E-state index contributed by atoms with van der Waals surface area (Å²) in [6.45, 7) is 2.45. The van der Waals surface area contributed by atoms with Crippen molar-refractivity contribution >= 4 is 34.8 Å². The first-order valence-corrected chi connectivity index (χ1v) is 7.86. The van der Waals surface area contributed by atoms with Gasteiger partial charge in [0.25, 0.3) is 11.6 Å². The monoisotopic (exact) mass is 371 g/mol. The SMILES string of the molecule is CC(=O)Nc1cccc(C(=O)OCC(=O)Nc2cc([N+](=O)[O-])ccc2C)c1. The van der Waals surface area contributed by atoms with E-state index in [-0.39, 0.29) is 22.8 Å². The van der Waals surface area contributed by atoms with Crippen molar-refractivity contribution in [1.82, 2.24) is 0 Å². The third-order valence-electron chi connectivity index (χ3n) is 3.46. The number of nitrogens with zero attached hydrogens (tertiary/aromatic N) is 1. The maximum Gasteiger partial charge on any atom is 0.338 e. The number of aryl methyl sites for hydroxylation is 1. The minimum absolute atomic E-state index is 0.164. The number of hydrogen-bond donors (Lipinski definition) is 2. The molecule has 27 heavy (non-hydrogen) atoms. The summed E-state index contributed by atoms with van der Waals surface area (Å²) in [5, 5.41) is 15.8. The van der Waals surface area contributed by atoms with E-state index in [2.05, 4.69) is 10.6 Å². The summed E-state index contributed by atoms with van der Waals surface area (Å²) in [5.74, 6) is -1.66. The highest BCUT2D eigenvalue weighted by atomic mass is 16.6. The lowest BCUT2D eigenvalue weighted by atomic mass is 10.2. The summed E-state index contributed by atoms with van der Waals surface area (Å²) >= 11 is 0. The number of hydrogen-bond acceptors (Lipinski definition) is 6. The summed E-state index contributed by atoms with van der Waals surface area (Å²) < 4.78 is 4.94. The first kappa shape index (κ1) is 19.6. The van der Waals surface area contributed by atoms with E-state index >= 15 is 0 Å². The van der Waals surface area contributed by atoms with Gasteiger partial charge in [0.05, 0.1) is 16.2 Å². The molecule has 2 N–H and O–H groups in total. The van der Waals surface area contributed by atoms with Crippen LogP contribution in [0.5, 0.6) is 0 Å². The van der Waals surface area contributed by atoms with Crippen LogP contribution in [0.15, 0.2) is 42.5 Å². The van der Waals surface area contributed by atoms with Crippen molar-refractivity contribution in [3.05, 3.63) is 63.7 Å². The Morgan fingerprint density at radius 1 is 1.11 bits per heavy atom. The molecule has 0 bridgehead atoms. The van der Waals surface area contributed by atoms with Gasteiger partial charge in [0.15, 0.2) is 6.61 Å². The Labute approximate surface area is 154 Å². The van der Waals surface area contributed by atoms with Crippen molar-refractivity contribution in [2.75, 3.05) is 17.2 Å². The van der Waals surface area contributed by atoms with E-state index in [1.54, 1.807) is 19.1 Å². The summed E-state index contributed by atoms with van der Waals surface area (Å²) in [7, 11) is 0. The van der Waals surface area contributed by atoms with Crippen LogP contribution in [0.25, 0.3) is 0 Å². The van der Waals surface area contributed by atoms with Crippen molar-refractivity contribution in [1.29, 1.82) is 0 Å². The topological polar surface area (TPSA) is 128 Å². The zero-order valence-corrected chi connectivity index (χ0v) is 14.6. The molecule has 0 heterocycles. The molecule has 2 aromatic carbocycles. The van der Waals surface area contributed by atoms with E-state index in [0.29, 0.717) is 11.3 Å². The average Bonchev–Trinajstić information content (AvgIpc) is 2.61. The standard InChI is InChI=1S/C18H17N3O6/c1-11-6-7-15(21(25)26)9-16(11)20-17(23)10-27-18(24)13-4-3-5-14(8-13)19-12(2)22/h3-9H,10H2,1-2H3,(H,19,22)(H,20,23). The second-order valence-corrected chi connectivity index (χ2v) is 5.64. The van der Waals surface area contributed by atoms with Crippen LogP contribution in [0, 0.1) is 17.0 Å². The number of ether oxygens (including phenoxy) is 1. The zero-order valence-electron chi connectivity index (χ0n) is 14.6. The van der Waals surface area contributed by atoms with Crippen LogP contribution < -0.4 is 10.6 Å². The smallest absolute Gasteiger partial charge is 0.338 e. The van der Waals surface area contributed by atoms with E-state index in [1.807, 2.05) is 0 Å². The normalized spacial score (nSPS) is 10.0. The van der Waals surface area contributed by atoms with Crippen LogP contribution in [-0.4, -0.2) is 29.3 Å². The fourth-order valence-electron chi connectivity index (χ4n) is 2.19. The molecule has 0 unspecified atom stereocenters. The molecule has 0 spiro atoms. The second kappa shape index (κ2) is 8.56. The highest BCUT2D eigenvalue weighted by Gasteiger charge is 2.14. The minimum atomic E-state index is -0.742. The number of amides is 2. The molecule has 0 saturated carbocycles. The number of carbonyl (C=O) groups excluding carboxylic acids is 3. The van der Waals surface area contributed by atoms with Crippen molar-refractivity contribution in [3.8, 4) is 0 Å². The molecule has 0 aliphatic heterocycles. The maximum atomic E-state index is 12.0. The molecule has 2 amide bonds. The lowest BCUT2D eigenvalue weighted by Crippen LogP contribution is -2.21. The van der Waals surface area contributed by atoms with E-state index in [1.165, 1.54) is 37.3 Å². The molecular formula is C18H17N3O6. The number of anilines is 2. The van der Waals surface area contributed by atoms with Gasteiger partial charge in [-0.15, -0.1) is 0 Å². The number of nitrogens with one attached hydrogen (secondary N) is 2. The predicted octanol–water partition coefficient (Wildman–Crippen LogP) is 2.66. The van der Waals surface area contributed by atoms with Gasteiger partial charge >= 0.3 is 5.97 Å². The number of carbonyl (C=O) groups is 3. The Bertz CT molecular complexity index is 910. The van der Waals surface area contributed by atoms with Gasteiger partial charge in [0, 0.05) is 24.7 Å². The number of nitro benzene ring substituents is 1. The quantitative estimate of drug-likeness (QED) is 0.456. The van der Waals surface area contributed by atoms with Gasteiger partial charge in [-0.25, -0.2) is 4.79 Å². The highest BCUT2D eigenvalue weighted by Crippen LogP contribution is 2.21. The van der Waals surface area contributed by atoms with Gasteiger partial charge in [-0.05, 0) is 30.7 Å². The molecule has 0 aliphatic carbocycles. The third kappa shape index (κ3) is 5.63. The van der Waals surface area contributed by atoms with Gasteiger partial charge in [-0.1, -0.05) is 12.1 Å². The molecule has 0 aliphatic rings. The van der Waals surface area contributed by atoms with E-state index < -0.39 is 23.4 Å². The molecule has 0 saturated heterocycles. The van der Waals surface area contributed by atoms with Crippen LogP contribution in [0.2, 0.25) is 0 Å². The van der Waals surface area contributed by atoms with Crippen LogP contribution in [-0.2, 0) is 14.3 Å². The third-order valence-corrected chi connectivity index (χ3v) is 3.46. The summed E-state index contributed by atoms with van der Waals surface area (Å²) in [4.78, 5) is 45.3. The first-order valence-electron chi connectivity index (χ1n) is 7.86. The van der Waals surface area contributed by atoms with Crippen molar-refractivity contribution in [2.45, 2.75) is 13.8 Å². The molecule has 0 atom stereocenters. The van der Waals surface area contributed by atoms with Crippen LogP contribution >= 0.6 is 0 Å². The van der Waals surface area contributed by atoms with Crippen LogP contribution in [0.3, 0.4) is 0 Å².